The molecule has 0 bridgehead atoms. The highest BCUT2D eigenvalue weighted by atomic mass is 79.9. The summed E-state index contributed by atoms with van der Waals surface area (Å²) in [7, 11) is 1.98. The van der Waals surface area contributed by atoms with Gasteiger partial charge < -0.3 is 4.90 Å². The fourth-order valence-corrected chi connectivity index (χ4v) is 2.12. The molecule has 1 heterocycles. The van der Waals surface area contributed by atoms with Crippen LogP contribution in [0.25, 0.3) is 0 Å². The molecule has 2 aromatic rings. The summed E-state index contributed by atoms with van der Waals surface area (Å²) < 4.78 is 1.07. The third-order valence-corrected chi connectivity index (χ3v) is 3.32. The van der Waals surface area contributed by atoms with Gasteiger partial charge in [-0.25, -0.2) is 4.98 Å². The zero-order valence-corrected chi connectivity index (χ0v) is 12.5. The third-order valence-electron chi connectivity index (χ3n) is 2.79. The van der Waals surface area contributed by atoms with Crippen LogP contribution in [0.5, 0.6) is 0 Å². The van der Waals surface area contributed by atoms with Gasteiger partial charge in [0, 0.05) is 23.8 Å². The Balaban J connectivity index is 2.20. The predicted octanol–water partition coefficient (Wildman–Crippen LogP) is 3.66. The highest BCUT2D eigenvalue weighted by Crippen LogP contribution is 2.17. The lowest BCUT2D eigenvalue weighted by molar-refractivity contribution is 0.891. The van der Waals surface area contributed by atoms with Crippen LogP contribution in [0, 0.1) is 18.3 Å². The van der Waals surface area contributed by atoms with Crippen molar-refractivity contribution in [2.24, 2.45) is 0 Å². The van der Waals surface area contributed by atoms with E-state index in [1.807, 2.05) is 37.1 Å². The van der Waals surface area contributed by atoms with Gasteiger partial charge in [-0.15, -0.1) is 0 Å². The number of hydrogen-bond acceptors (Lipinski definition) is 3. The van der Waals surface area contributed by atoms with E-state index in [0.717, 1.165) is 22.5 Å². The lowest BCUT2D eigenvalue weighted by Crippen LogP contribution is -2.18. The Bertz CT molecular complexity index is 614. The van der Waals surface area contributed by atoms with E-state index in [2.05, 4.69) is 39.1 Å². The van der Waals surface area contributed by atoms with Gasteiger partial charge in [0.15, 0.2) is 0 Å². The number of aromatic nitrogens is 1. The largest absolute Gasteiger partial charge is 0.355 e. The van der Waals surface area contributed by atoms with Crippen molar-refractivity contribution in [3.05, 3.63) is 57.7 Å². The van der Waals surface area contributed by atoms with E-state index >= 15 is 0 Å². The maximum Gasteiger partial charge on any atom is 0.130 e. The lowest BCUT2D eigenvalue weighted by atomic mass is 10.2. The maximum absolute atomic E-state index is 8.99. The molecule has 0 radical (unpaired) electrons. The summed E-state index contributed by atoms with van der Waals surface area (Å²) in [6, 6.07) is 13.9. The second-order valence-corrected chi connectivity index (χ2v) is 5.37. The summed E-state index contributed by atoms with van der Waals surface area (Å²) >= 11 is 3.42. The molecule has 4 heteroatoms. The summed E-state index contributed by atoms with van der Waals surface area (Å²) in [5.41, 5.74) is 2.70. The van der Waals surface area contributed by atoms with E-state index in [1.54, 1.807) is 6.07 Å². The molecule has 0 saturated heterocycles. The van der Waals surface area contributed by atoms with Crippen LogP contribution < -0.4 is 4.90 Å². The fraction of sp³-hybridized carbons (Fsp3) is 0.200. The number of nitrogens with zero attached hydrogens (tertiary/aromatic N) is 3. The van der Waals surface area contributed by atoms with Crippen molar-refractivity contribution < 1.29 is 0 Å². The summed E-state index contributed by atoms with van der Waals surface area (Å²) in [4.78, 5) is 6.50. The Morgan fingerprint density at radius 3 is 2.58 bits per heavy atom. The van der Waals surface area contributed by atoms with Gasteiger partial charge in [0.2, 0.25) is 0 Å². The van der Waals surface area contributed by atoms with Gasteiger partial charge in [-0.3, -0.25) is 0 Å². The van der Waals surface area contributed by atoms with Crippen molar-refractivity contribution in [3.8, 4) is 6.07 Å². The van der Waals surface area contributed by atoms with Gasteiger partial charge in [0.1, 0.15) is 5.82 Å². The molecule has 1 aromatic heterocycles. The number of hydrogen-bond donors (Lipinski definition) is 0. The van der Waals surface area contributed by atoms with Crippen molar-refractivity contribution in [3.63, 3.8) is 0 Å². The van der Waals surface area contributed by atoms with Crippen LogP contribution in [0.2, 0.25) is 0 Å². The first-order valence-electron chi connectivity index (χ1n) is 5.93. The third kappa shape index (κ3) is 3.55. The number of benzene rings is 1. The van der Waals surface area contributed by atoms with Crippen molar-refractivity contribution in [1.82, 2.24) is 4.98 Å². The van der Waals surface area contributed by atoms with Crippen LogP contribution in [-0.4, -0.2) is 12.0 Å². The zero-order chi connectivity index (χ0) is 13.8. The number of aryl methyl sites for hydroxylation is 1. The molecule has 3 nitrogen and oxygen atoms in total. The smallest absolute Gasteiger partial charge is 0.130 e. The molecule has 96 valence electrons. The van der Waals surface area contributed by atoms with Crippen molar-refractivity contribution in [1.29, 1.82) is 5.26 Å². The Labute approximate surface area is 121 Å². The first-order valence-corrected chi connectivity index (χ1v) is 6.72. The molecule has 0 aliphatic rings. The van der Waals surface area contributed by atoms with Gasteiger partial charge in [-0.2, -0.15) is 5.26 Å². The molecule has 0 spiro atoms. The molecule has 0 N–H and O–H groups in total. The van der Waals surface area contributed by atoms with E-state index in [0.29, 0.717) is 5.56 Å². The molecule has 0 saturated carbocycles. The van der Waals surface area contributed by atoms with E-state index in [9.17, 15) is 0 Å². The zero-order valence-electron chi connectivity index (χ0n) is 10.9. The fourth-order valence-electron chi connectivity index (χ4n) is 1.86. The van der Waals surface area contributed by atoms with Crippen molar-refractivity contribution >= 4 is 21.7 Å². The number of halogens is 1. The Morgan fingerprint density at radius 2 is 1.95 bits per heavy atom. The number of anilines is 1. The molecular weight excluding hydrogens is 302 g/mol. The molecule has 2 rings (SSSR count). The second-order valence-electron chi connectivity index (χ2n) is 4.45. The van der Waals surface area contributed by atoms with Crippen LogP contribution in [0.15, 0.2) is 40.9 Å². The van der Waals surface area contributed by atoms with Gasteiger partial charge in [0.25, 0.3) is 0 Å². The van der Waals surface area contributed by atoms with Crippen LogP contribution in [0.3, 0.4) is 0 Å². The highest BCUT2D eigenvalue weighted by Gasteiger charge is 2.06. The number of pyridine rings is 1. The van der Waals surface area contributed by atoms with E-state index in [1.165, 1.54) is 5.56 Å². The van der Waals surface area contributed by atoms with Gasteiger partial charge in [-0.05, 0) is 36.8 Å². The van der Waals surface area contributed by atoms with E-state index in [-0.39, 0.29) is 0 Å². The van der Waals surface area contributed by atoms with Gasteiger partial charge in [-0.1, -0.05) is 28.1 Å². The molecule has 1 aromatic carbocycles. The summed E-state index contributed by atoms with van der Waals surface area (Å²) in [6.45, 7) is 2.66. The molecule has 0 atom stereocenters. The van der Waals surface area contributed by atoms with Crippen LogP contribution in [0.1, 0.15) is 16.8 Å². The van der Waals surface area contributed by atoms with Crippen LogP contribution in [-0.2, 0) is 6.54 Å². The first-order chi connectivity index (χ1) is 9.08. The Kier molecular flexibility index (Phi) is 4.18. The van der Waals surface area contributed by atoms with Crippen LogP contribution >= 0.6 is 15.9 Å². The quantitative estimate of drug-likeness (QED) is 0.867. The summed E-state index contributed by atoms with van der Waals surface area (Å²) in [5.74, 6) is 0.819. The second kappa shape index (κ2) is 5.85. The van der Waals surface area contributed by atoms with E-state index < -0.39 is 0 Å². The monoisotopic (exact) mass is 315 g/mol. The predicted molar refractivity (Wildman–Crippen MR) is 79.9 cm³/mol. The van der Waals surface area contributed by atoms with Gasteiger partial charge in [0.05, 0.1) is 11.6 Å². The molecular formula is C15H14BrN3. The lowest BCUT2D eigenvalue weighted by Gasteiger charge is -2.19. The van der Waals surface area contributed by atoms with Crippen LogP contribution in [0.4, 0.5) is 5.82 Å². The molecule has 0 aliphatic heterocycles. The van der Waals surface area contributed by atoms with E-state index in [4.69, 9.17) is 5.26 Å². The minimum absolute atomic E-state index is 0.644. The topological polar surface area (TPSA) is 39.9 Å². The minimum atomic E-state index is 0.644. The minimum Gasteiger partial charge on any atom is -0.355 e. The molecule has 19 heavy (non-hydrogen) atoms. The Morgan fingerprint density at radius 1 is 1.26 bits per heavy atom. The highest BCUT2D eigenvalue weighted by molar-refractivity contribution is 9.10. The first kappa shape index (κ1) is 13.6. The molecule has 0 unspecified atom stereocenters. The molecule has 0 aliphatic carbocycles. The summed E-state index contributed by atoms with van der Waals surface area (Å²) in [6.07, 6.45) is 0. The summed E-state index contributed by atoms with van der Waals surface area (Å²) in [5, 5.41) is 8.99. The van der Waals surface area contributed by atoms with Gasteiger partial charge >= 0.3 is 0 Å². The standard InChI is InChI=1S/C15H14BrN3/c1-11-7-13(9-17)8-15(18-11)19(2)10-12-3-5-14(16)6-4-12/h3-8H,10H2,1-2H3. The average molecular weight is 316 g/mol. The maximum atomic E-state index is 8.99. The molecule has 0 amide bonds. The molecule has 0 fully saturated rings. The van der Waals surface area contributed by atoms with Crippen molar-refractivity contribution in [2.45, 2.75) is 13.5 Å². The Hall–Kier alpha value is -1.86. The number of rotatable bonds is 3. The number of nitriles is 1. The SMILES string of the molecule is Cc1cc(C#N)cc(N(C)Cc2ccc(Br)cc2)n1. The van der Waals surface area contributed by atoms with Crippen molar-refractivity contribution in [2.75, 3.05) is 11.9 Å². The average Bonchev–Trinajstić information content (AvgIpc) is 2.40. The normalized spacial score (nSPS) is 10.0.